The Morgan fingerprint density at radius 3 is 2.49 bits per heavy atom. The minimum absolute atomic E-state index is 0.159. The Labute approximate surface area is 200 Å². The molecule has 2 aromatic carbocycles. The molecule has 0 bridgehead atoms. The predicted molar refractivity (Wildman–Crippen MR) is 122 cm³/mol. The number of aromatic nitrogens is 5. The Morgan fingerprint density at radius 2 is 1.74 bits per heavy atom. The summed E-state index contributed by atoms with van der Waals surface area (Å²) in [5, 5.41) is 15.3. The highest BCUT2D eigenvalue weighted by Gasteiger charge is 2.19. The molecule has 0 N–H and O–H groups in total. The van der Waals surface area contributed by atoms with Crippen LogP contribution in [-0.4, -0.2) is 68.2 Å². The Morgan fingerprint density at radius 1 is 0.943 bits per heavy atom. The van der Waals surface area contributed by atoms with E-state index in [-0.39, 0.29) is 18.0 Å². The van der Waals surface area contributed by atoms with Crippen molar-refractivity contribution in [2.75, 3.05) is 33.2 Å². The second-order valence-corrected chi connectivity index (χ2v) is 8.59. The molecule has 0 unspecified atom stereocenters. The lowest BCUT2D eigenvalue weighted by molar-refractivity contribution is 0.116. The van der Waals surface area contributed by atoms with Crippen LogP contribution in [0, 0.1) is 5.82 Å². The van der Waals surface area contributed by atoms with Crippen LogP contribution in [0.15, 0.2) is 53.1 Å². The minimum Gasteiger partial charge on any atom is -0.415 e. The number of halogens is 3. The summed E-state index contributed by atoms with van der Waals surface area (Å²) in [6.07, 6.45) is -1.09. The first-order valence-corrected chi connectivity index (χ1v) is 11.3. The number of benzene rings is 2. The molecule has 5 rings (SSSR count). The number of piperazine rings is 1. The van der Waals surface area contributed by atoms with Gasteiger partial charge in [0.05, 0.1) is 12.7 Å². The van der Waals surface area contributed by atoms with Crippen LogP contribution < -0.4 is 0 Å². The van der Waals surface area contributed by atoms with Gasteiger partial charge in [0.2, 0.25) is 5.89 Å². The van der Waals surface area contributed by atoms with E-state index in [1.54, 1.807) is 23.0 Å². The molecule has 1 aliphatic rings. The summed E-state index contributed by atoms with van der Waals surface area (Å²) < 4.78 is 46.6. The van der Waals surface area contributed by atoms with Gasteiger partial charge < -0.3 is 9.32 Å². The predicted octanol–water partition coefficient (Wildman–Crippen LogP) is 3.87. The minimum atomic E-state index is -2.88. The number of likely N-dealkylation sites (N-methyl/N-ethyl adjacent to an activating group) is 1. The maximum absolute atomic E-state index is 14.8. The van der Waals surface area contributed by atoms with Crippen LogP contribution >= 0.6 is 0 Å². The van der Waals surface area contributed by atoms with Crippen LogP contribution in [-0.2, 0) is 13.1 Å². The van der Waals surface area contributed by atoms with Gasteiger partial charge in [0.25, 0.3) is 5.89 Å². The van der Waals surface area contributed by atoms with Gasteiger partial charge in [0.1, 0.15) is 11.5 Å². The smallest absolute Gasteiger partial charge is 0.314 e. The quantitative estimate of drug-likeness (QED) is 0.395. The van der Waals surface area contributed by atoms with E-state index in [2.05, 4.69) is 43.4 Å². The molecule has 0 aliphatic carbocycles. The van der Waals surface area contributed by atoms with Crippen molar-refractivity contribution in [3.63, 3.8) is 0 Å². The molecule has 0 amide bonds. The summed E-state index contributed by atoms with van der Waals surface area (Å²) in [5.41, 5.74) is 3.48. The second-order valence-electron chi connectivity index (χ2n) is 8.59. The summed E-state index contributed by atoms with van der Waals surface area (Å²) in [7, 11) is 2.13. The summed E-state index contributed by atoms with van der Waals surface area (Å²) in [6.45, 7) is 5.10. The fourth-order valence-corrected chi connectivity index (χ4v) is 4.08. The molecule has 2 aromatic heterocycles. The average molecular weight is 483 g/mol. The van der Waals surface area contributed by atoms with E-state index in [0.29, 0.717) is 5.56 Å². The van der Waals surface area contributed by atoms with E-state index in [1.165, 1.54) is 11.6 Å². The van der Waals surface area contributed by atoms with Crippen LogP contribution in [0.1, 0.15) is 23.4 Å². The number of hydrogen-bond donors (Lipinski definition) is 0. The van der Waals surface area contributed by atoms with Crippen molar-refractivity contribution in [3.05, 3.63) is 71.5 Å². The highest BCUT2D eigenvalue weighted by Crippen LogP contribution is 2.26. The first-order chi connectivity index (χ1) is 17.0. The van der Waals surface area contributed by atoms with Crippen LogP contribution in [0.2, 0.25) is 0 Å². The summed E-state index contributed by atoms with van der Waals surface area (Å²) in [6, 6.07) is 12.4. The largest absolute Gasteiger partial charge is 0.415 e. The topological polar surface area (TPSA) is 76.1 Å². The first kappa shape index (κ1) is 23.2. The second kappa shape index (κ2) is 9.96. The van der Waals surface area contributed by atoms with Gasteiger partial charge in [-0.1, -0.05) is 35.5 Å². The molecule has 1 aliphatic heterocycles. The highest BCUT2D eigenvalue weighted by molar-refractivity contribution is 5.62. The van der Waals surface area contributed by atoms with Gasteiger partial charge in [-0.25, -0.2) is 9.07 Å². The van der Waals surface area contributed by atoms with Crippen molar-refractivity contribution in [3.8, 4) is 22.7 Å². The van der Waals surface area contributed by atoms with Crippen molar-refractivity contribution < 1.29 is 17.6 Å². The number of rotatable bonds is 7. The molecule has 0 radical (unpaired) electrons. The first-order valence-electron chi connectivity index (χ1n) is 11.3. The Balaban J connectivity index is 1.31. The Hall–Kier alpha value is -3.57. The Bertz CT molecular complexity index is 1300. The van der Waals surface area contributed by atoms with Crippen molar-refractivity contribution in [2.45, 2.75) is 19.5 Å². The molecule has 0 atom stereocenters. The molecule has 0 saturated carbocycles. The maximum Gasteiger partial charge on any atom is 0.314 e. The molecule has 3 heterocycles. The summed E-state index contributed by atoms with van der Waals surface area (Å²) in [5.74, 6) is -1.50. The van der Waals surface area contributed by atoms with Crippen LogP contribution in [0.3, 0.4) is 0 Å². The third-order valence-electron chi connectivity index (χ3n) is 6.08. The van der Waals surface area contributed by atoms with E-state index in [9.17, 15) is 13.2 Å². The van der Waals surface area contributed by atoms with Gasteiger partial charge in [-0.15, -0.1) is 15.3 Å². The van der Waals surface area contributed by atoms with E-state index in [0.717, 1.165) is 44.0 Å². The van der Waals surface area contributed by atoms with Crippen molar-refractivity contribution in [1.82, 2.24) is 35.0 Å². The molecule has 8 nitrogen and oxygen atoms in total. The third kappa shape index (κ3) is 5.25. The van der Waals surface area contributed by atoms with E-state index < -0.39 is 18.1 Å². The lowest BCUT2D eigenvalue weighted by Gasteiger charge is -2.32. The van der Waals surface area contributed by atoms with Gasteiger partial charge in [0.15, 0.2) is 0 Å². The number of alkyl halides is 2. The van der Waals surface area contributed by atoms with Crippen LogP contribution in [0.25, 0.3) is 22.7 Å². The molecular formula is C24H24F3N7O. The average Bonchev–Trinajstić information content (AvgIpc) is 3.53. The third-order valence-corrected chi connectivity index (χ3v) is 6.08. The molecule has 1 saturated heterocycles. The van der Waals surface area contributed by atoms with Crippen molar-refractivity contribution in [2.24, 2.45) is 0 Å². The molecule has 11 heteroatoms. The number of nitrogens with zero attached hydrogens (tertiary/aromatic N) is 7. The normalized spacial score (nSPS) is 15.2. The van der Waals surface area contributed by atoms with Crippen LogP contribution in [0.4, 0.5) is 13.2 Å². The van der Waals surface area contributed by atoms with Gasteiger partial charge in [-0.2, -0.15) is 8.78 Å². The fourth-order valence-electron chi connectivity index (χ4n) is 4.08. The van der Waals surface area contributed by atoms with Crippen LogP contribution in [0.5, 0.6) is 0 Å². The lowest BCUT2D eigenvalue weighted by Crippen LogP contribution is -2.43. The standard InChI is InChI=1S/C24H24F3N7O/c1-32-8-10-33(11-9-32)13-17-4-2-3-5-19(17)21-15-34(31-28-21)14-18-7-6-16(12-20(18)25)23-29-30-24(35-23)22(26)27/h2-7,12,15,22H,8-11,13-14H2,1H3. The monoisotopic (exact) mass is 483 g/mol. The van der Waals surface area contributed by atoms with Crippen molar-refractivity contribution >= 4 is 0 Å². The molecule has 182 valence electrons. The highest BCUT2D eigenvalue weighted by atomic mass is 19.3. The Kier molecular flexibility index (Phi) is 6.60. The van der Waals surface area contributed by atoms with Gasteiger partial charge in [0, 0.05) is 49.4 Å². The van der Waals surface area contributed by atoms with E-state index in [4.69, 9.17) is 4.42 Å². The van der Waals surface area contributed by atoms with E-state index in [1.807, 2.05) is 18.2 Å². The zero-order valence-corrected chi connectivity index (χ0v) is 19.1. The maximum atomic E-state index is 14.8. The zero-order valence-electron chi connectivity index (χ0n) is 19.1. The van der Waals surface area contributed by atoms with Crippen molar-refractivity contribution in [1.29, 1.82) is 0 Å². The molecule has 35 heavy (non-hydrogen) atoms. The molecular weight excluding hydrogens is 459 g/mol. The lowest BCUT2D eigenvalue weighted by atomic mass is 10.0. The molecule has 0 spiro atoms. The fraction of sp³-hybridized carbons (Fsp3) is 0.333. The number of hydrogen-bond acceptors (Lipinski definition) is 7. The van der Waals surface area contributed by atoms with Gasteiger partial charge in [-0.05, 0) is 24.7 Å². The summed E-state index contributed by atoms with van der Waals surface area (Å²) in [4.78, 5) is 4.75. The zero-order chi connectivity index (χ0) is 24.4. The van der Waals surface area contributed by atoms with Gasteiger partial charge >= 0.3 is 6.43 Å². The molecule has 4 aromatic rings. The van der Waals surface area contributed by atoms with E-state index >= 15 is 0 Å². The SMILES string of the molecule is CN1CCN(Cc2ccccc2-c2cn(Cc3ccc(-c4nnc(C(F)F)o4)cc3F)nn2)CC1. The van der Waals surface area contributed by atoms with Gasteiger partial charge in [-0.3, -0.25) is 4.90 Å². The molecule has 1 fully saturated rings. The summed E-state index contributed by atoms with van der Waals surface area (Å²) >= 11 is 0.